The summed E-state index contributed by atoms with van der Waals surface area (Å²) in [5.74, 6) is 0.835. The number of nitrogens with zero attached hydrogens (tertiary/aromatic N) is 3. The molecule has 2 fully saturated rings. The summed E-state index contributed by atoms with van der Waals surface area (Å²) in [5, 5.41) is 7.83. The number of hydrogen-bond acceptors (Lipinski definition) is 3. The summed E-state index contributed by atoms with van der Waals surface area (Å²) in [5.41, 5.74) is 1.74. The highest BCUT2D eigenvalue weighted by molar-refractivity contribution is 5.93. The van der Waals surface area contributed by atoms with Gasteiger partial charge in [0.15, 0.2) is 0 Å². The summed E-state index contributed by atoms with van der Waals surface area (Å²) in [4.78, 5) is 15.0. The van der Waals surface area contributed by atoms with Crippen molar-refractivity contribution in [2.24, 2.45) is 13.0 Å². The maximum atomic E-state index is 12.9. The SMILES string of the molecule is CCc1cc(C(=O)N2CCCC2C2CCNCC2)n(C)n1. The number of nitrogens with one attached hydrogen (secondary N) is 1. The number of amides is 1. The highest BCUT2D eigenvalue weighted by Crippen LogP contribution is 2.30. The van der Waals surface area contributed by atoms with Crippen LogP contribution < -0.4 is 5.32 Å². The maximum Gasteiger partial charge on any atom is 0.272 e. The molecule has 0 aliphatic carbocycles. The lowest BCUT2D eigenvalue weighted by molar-refractivity contribution is 0.0655. The normalized spacial score (nSPS) is 23.7. The minimum atomic E-state index is 0.172. The third-order valence-corrected chi connectivity index (χ3v) is 5.00. The Morgan fingerprint density at radius 2 is 2.14 bits per heavy atom. The van der Waals surface area contributed by atoms with Gasteiger partial charge in [0, 0.05) is 19.6 Å². The largest absolute Gasteiger partial charge is 0.334 e. The van der Waals surface area contributed by atoms with Gasteiger partial charge in [-0.1, -0.05) is 6.92 Å². The fourth-order valence-electron chi connectivity index (χ4n) is 3.81. The molecule has 1 unspecified atom stereocenters. The Hall–Kier alpha value is -1.36. The van der Waals surface area contributed by atoms with E-state index in [9.17, 15) is 4.79 Å². The van der Waals surface area contributed by atoms with Gasteiger partial charge in [0.2, 0.25) is 0 Å². The number of aromatic nitrogens is 2. The van der Waals surface area contributed by atoms with Crippen LogP contribution >= 0.6 is 0 Å². The molecule has 3 heterocycles. The number of carbonyl (C=O) groups excluding carboxylic acids is 1. The zero-order valence-electron chi connectivity index (χ0n) is 13.1. The summed E-state index contributed by atoms with van der Waals surface area (Å²) >= 11 is 0. The summed E-state index contributed by atoms with van der Waals surface area (Å²) in [6.07, 6.45) is 5.56. The molecule has 2 saturated heterocycles. The molecule has 1 N–H and O–H groups in total. The van der Waals surface area contributed by atoms with Crippen LogP contribution in [0.2, 0.25) is 0 Å². The second kappa shape index (κ2) is 6.18. The van der Waals surface area contributed by atoms with Gasteiger partial charge in [0.05, 0.1) is 5.69 Å². The fourth-order valence-corrected chi connectivity index (χ4v) is 3.81. The lowest BCUT2D eigenvalue weighted by atomic mass is 9.88. The standard InChI is InChI=1S/C16H26N4O/c1-3-13-11-15(19(2)18-13)16(21)20-10-4-5-14(20)12-6-8-17-9-7-12/h11-12,14,17H,3-10H2,1-2H3. The van der Waals surface area contributed by atoms with E-state index in [1.54, 1.807) is 4.68 Å². The van der Waals surface area contributed by atoms with Crippen molar-refractivity contribution in [3.8, 4) is 0 Å². The number of carbonyl (C=O) groups is 1. The van der Waals surface area contributed by atoms with Gasteiger partial charge in [0.1, 0.15) is 5.69 Å². The molecule has 5 nitrogen and oxygen atoms in total. The first-order chi connectivity index (χ1) is 10.2. The van der Waals surface area contributed by atoms with E-state index in [0.717, 1.165) is 50.3 Å². The highest BCUT2D eigenvalue weighted by Gasteiger charge is 2.36. The summed E-state index contributed by atoms with van der Waals surface area (Å²) in [6, 6.07) is 2.39. The lowest BCUT2D eigenvalue weighted by Crippen LogP contribution is -2.44. The second-order valence-electron chi connectivity index (χ2n) is 6.29. The maximum absolute atomic E-state index is 12.9. The summed E-state index contributed by atoms with van der Waals surface area (Å²) in [6.45, 7) is 5.16. The number of piperidine rings is 1. The quantitative estimate of drug-likeness (QED) is 0.919. The summed E-state index contributed by atoms with van der Waals surface area (Å²) in [7, 11) is 1.88. The van der Waals surface area contributed by atoms with E-state index in [4.69, 9.17) is 0 Å². The molecule has 1 atom stereocenters. The minimum absolute atomic E-state index is 0.172. The van der Waals surface area contributed by atoms with E-state index in [-0.39, 0.29) is 5.91 Å². The zero-order valence-corrected chi connectivity index (χ0v) is 13.1. The van der Waals surface area contributed by atoms with Gasteiger partial charge in [-0.25, -0.2) is 0 Å². The van der Waals surface area contributed by atoms with E-state index < -0.39 is 0 Å². The Bertz CT molecular complexity index is 504. The van der Waals surface area contributed by atoms with Crippen LogP contribution in [-0.4, -0.2) is 46.3 Å². The molecule has 0 radical (unpaired) electrons. The van der Waals surface area contributed by atoms with Crippen molar-refractivity contribution in [1.82, 2.24) is 20.0 Å². The average Bonchev–Trinajstić information content (AvgIpc) is 3.14. The molecule has 2 aliphatic rings. The topological polar surface area (TPSA) is 50.2 Å². The Morgan fingerprint density at radius 1 is 1.38 bits per heavy atom. The number of likely N-dealkylation sites (tertiary alicyclic amines) is 1. The molecule has 5 heteroatoms. The van der Waals surface area contributed by atoms with Gasteiger partial charge >= 0.3 is 0 Å². The van der Waals surface area contributed by atoms with E-state index in [0.29, 0.717) is 12.0 Å². The molecule has 3 rings (SSSR count). The van der Waals surface area contributed by atoms with E-state index >= 15 is 0 Å². The van der Waals surface area contributed by atoms with Crippen LogP contribution in [0.25, 0.3) is 0 Å². The van der Waals surface area contributed by atoms with Crippen LogP contribution in [0.3, 0.4) is 0 Å². The molecule has 2 aliphatic heterocycles. The van der Waals surface area contributed by atoms with Gasteiger partial charge in [-0.05, 0) is 57.2 Å². The molecule has 1 aromatic heterocycles. The van der Waals surface area contributed by atoms with Crippen LogP contribution in [0.4, 0.5) is 0 Å². The first-order valence-corrected chi connectivity index (χ1v) is 8.25. The Morgan fingerprint density at radius 3 is 2.81 bits per heavy atom. The molecular weight excluding hydrogens is 264 g/mol. The molecule has 1 aromatic rings. The van der Waals surface area contributed by atoms with Gasteiger partial charge in [-0.15, -0.1) is 0 Å². The summed E-state index contributed by atoms with van der Waals surface area (Å²) < 4.78 is 1.75. The van der Waals surface area contributed by atoms with Crippen LogP contribution in [0.5, 0.6) is 0 Å². The third-order valence-electron chi connectivity index (χ3n) is 5.00. The number of rotatable bonds is 3. The predicted molar refractivity (Wildman–Crippen MR) is 82.2 cm³/mol. The van der Waals surface area contributed by atoms with Gasteiger partial charge < -0.3 is 10.2 Å². The van der Waals surface area contributed by atoms with Gasteiger partial charge in [-0.3, -0.25) is 9.48 Å². The Labute approximate surface area is 126 Å². The second-order valence-corrected chi connectivity index (χ2v) is 6.29. The zero-order chi connectivity index (χ0) is 14.8. The lowest BCUT2D eigenvalue weighted by Gasteiger charge is -2.34. The van der Waals surface area contributed by atoms with Crippen molar-refractivity contribution in [3.63, 3.8) is 0 Å². The Balaban J connectivity index is 1.77. The number of hydrogen-bond donors (Lipinski definition) is 1. The van der Waals surface area contributed by atoms with Crippen molar-refractivity contribution >= 4 is 5.91 Å². The van der Waals surface area contributed by atoms with Crippen LogP contribution in [-0.2, 0) is 13.5 Å². The average molecular weight is 290 g/mol. The first-order valence-electron chi connectivity index (χ1n) is 8.25. The van der Waals surface area contributed by atoms with Crippen molar-refractivity contribution < 1.29 is 4.79 Å². The predicted octanol–water partition coefficient (Wildman–Crippen LogP) is 1.59. The van der Waals surface area contributed by atoms with Crippen LogP contribution in [0.15, 0.2) is 6.07 Å². The van der Waals surface area contributed by atoms with Crippen molar-refractivity contribution in [1.29, 1.82) is 0 Å². The molecule has 116 valence electrons. The van der Waals surface area contributed by atoms with Crippen LogP contribution in [0, 0.1) is 5.92 Å². The van der Waals surface area contributed by atoms with Crippen molar-refractivity contribution in [2.75, 3.05) is 19.6 Å². The smallest absolute Gasteiger partial charge is 0.272 e. The molecule has 0 spiro atoms. The molecule has 1 amide bonds. The third kappa shape index (κ3) is 2.84. The van der Waals surface area contributed by atoms with Gasteiger partial charge in [0.25, 0.3) is 5.91 Å². The highest BCUT2D eigenvalue weighted by atomic mass is 16.2. The monoisotopic (exact) mass is 290 g/mol. The van der Waals surface area contributed by atoms with Crippen molar-refractivity contribution in [2.45, 2.75) is 45.1 Å². The van der Waals surface area contributed by atoms with Crippen molar-refractivity contribution in [3.05, 3.63) is 17.5 Å². The first kappa shape index (κ1) is 14.6. The number of aryl methyl sites for hydroxylation is 2. The van der Waals surface area contributed by atoms with Gasteiger partial charge in [-0.2, -0.15) is 5.10 Å². The minimum Gasteiger partial charge on any atom is -0.334 e. The molecular formula is C16H26N4O. The van der Waals surface area contributed by atoms with E-state index in [1.807, 2.05) is 13.1 Å². The van der Waals surface area contributed by atoms with Crippen LogP contribution in [0.1, 0.15) is 48.8 Å². The molecule has 0 saturated carbocycles. The molecule has 0 aromatic carbocycles. The molecule has 21 heavy (non-hydrogen) atoms. The van der Waals surface area contributed by atoms with E-state index in [1.165, 1.54) is 12.8 Å². The Kier molecular flexibility index (Phi) is 4.29. The molecule has 0 bridgehead atoms. The fraction of sp³-hybridized carbons (Fsp3) is 0.750. The van der Waals surface area contributed by atoms with E-state index in [2.05, 4.69) is 22.2 Å².